The monoisotopic (exact) mass is 269 g/mol. The highest BCUT2D eigenvalue weighted by atomic mass is 19.4. The van der Waals surface area contributed by atoms with E-state index in [9.17, 15) is 13.2 Å². The zero-order valence-electron chi connectivity index (χ0n) is 10.9. The van der Waals surface area contributed by atoms with Crippen molar-refractivity contribution in [3.05, 3.63) is 35.4 Å². The maximum atomic E-state index is 13.1. The van der Waals surface area contributed by atoms with Gasteiger partial charge in [-0.1, -0.05) is 24.3 Å². The van der Waals surface area contributed by atoms with Gasteiger partial charge in [0.25, 0.3) is 0 Å². The van der Waals surface area contributed by atoms with Crippen LogP contribution < -0.4 is 5.32 Å². The zero-order chi connectivity index (χ0) is 13.7. The summed E-state index contributed by atoms with van der Waals surface area (Å²) in [5.74, 6) is 0.418. The Morgan fingerprint density at radius 1 is 1.21 bits per heavy atom. The van der Waals surface area contributed by atoms with E-state index in [2.05, 4.69) is 5.32 Å². The third-order valence-electron chi connectivity index (χ3n) is 4.75. The molecule has 0 amide bonds. The van der Waals surface area contributed by atoms with Gasteiger partial charge in [0.2, 0.25) is 0 Å². The maximum absolute atomic E-state index is 13.1. The van der Waals surface area contributed by atoms with Gasteiger partial charge in [0.15, 0.2) is 0 Å². The Hall–Kier alpha value is -1.03. The Morgan fingerprint density at radius 3 is 2.42 bits per heavy atom. The fraction of sp³-hybridized carbons (Fsp3) is 0.600. The summed E-state index contributed by atoms with van der Waals surface area (Å²) in [7, 11) is 1.93. The van der Waals surface area contributed by atoms with Crippen molar-refractivity contribution < 1.29 is 13.2 Å². The van der Waals surface area contributed by atoms with Gasteiger partial charge in [-0.15, -0.1) is 0 Å². The van der Waals surface area contributed by atoms with Crippen LogP contribution in [0.4, 0.5) is 13.2 Å². The van der Waals surface area contributed by atoms with E-state index in [1.165, 1.54) is 0 Å². The van der Waals surface area contributed by atoms with E-state index in [0.29, 0.717) is 17.5 Å². The average molecular weight is 269 g/mol. The van der Waals surface area contributed by atoms with Crippen LogP contribution in [0.2, 0.25) is 0 Å². The van der Waals surface area contributed by atoms with Crippen LogP contribution in [0, 0.1) is 0 Å². The predicted molar refractivity (Wildman–Crippen MR) is 68.2 cm³/mol. The van der Waals surface area contributed by atoms with Crippen molar-refractivity contribution >= 4 is 0 Å². The quantitative estimate of drug-likeness (QED) is 0.881. The standard InChI is InChI=1S/C15H18F3N/c1-19-13-8-11(9-13)10-3-2-4-12(7-10)14(5-6-14)15(16,17)18/h2-4,7,11,13,19H,5-6,8-9H2,1H3. The van der Waals surface area contributed by atoms with Gasteiger partial charge < -0.3 is 5.32 Å². The van der Waals surface area contributed by atoms with Crippen molar-refractivity contribution in [1.29, 1.82) is 0 Å². The van der Waals surface area contributed by atoms with Crippen molar-refractivity contribution in [2.24, 2.45) is 0 Å². The van der Waals surface area contributed by atoms with Crippen molar-refractivity contribution in [1.82, 2.24) is 5.32 Å². The Bertz CT molecular complexity index is 471. The molecule has 2 fully saturated rings. The van der Waals surface area contributed by atoms with Crippen molar-refractivity contribution in [2.75, 3.05) is 7.05 Å². The van der Waals surface area contributed by atoms with Crippen LogP contribution in [0.1, 0.15) is 42.7 Å². The lowest BCUT2D eigenvalue weighted by atomic mass is 9.75. The first-order valence-electron chi connectivity index (χ1n) is 6.81. The SMILES string of the molecule is CNC1CC(c2cccc(C3(C(F)(F)F)CC3)c2)C1. The van der Waals surface area contributed by atoms with Gasteiger partial charge in [0, 0.05) is 6.04 Å². The van der Waals surface area contributed by atoms with Crippen molar-refractivity contribution in [2.45, 2.75) is 49.2 Å². The zero-order valence-corrected chi connectivity index (χ0v) is 10.9. The van der Waals surface area contributed by atoms with E-state index < -0.39 is 11.6 Å². The first kappa shape index (κ1) is 13.0. The third-order valence-corrected chi connectivity index (χ3v) is 4.75. The molecule has 1 aromatic rings. The second kappa shape index (κ2) is 4.23. The molecule has 1 nitrogen and oxygen atoms in total. The smallest absolute Gasteiger partial charge is 0.317 e. The second-order valence-electron chi connectivity index (χ2n) is 5.86. The molecule has 0 aliphatic heterocycles. The van der Waals surface area contributed by atoms with E-state index in [0.717, 1.165) is 18.4 Å². The number of benzene rings is 1. The molecule has 0 spiro atoms. The van der Waals surface area contributed by atoms with Crippen LogP contribution in [-0.4, -0.2) is 19.3 Å². The first-order valence-corrected chi connectivity index (χ1v) is 6.81. The number of hydrogen-bond acceptors (Lipinski definition) is 1. The molecule has 1 N–H and O–H groups in total. The summed E-state index contributed by atoms with van der Waals surface area (Å²) in [5.41, 5.74) is -0.0141. The highest BCUT2D eigenvalue weighted by molar-refractivity contribution is 5.38. The molecule has 0 aromatic heterocycles. The van der Waals surface area contributed by atoms with Gasteiger partial charge >= 0.3 is 6.18 Å². The lowest BCUT2D eigenvalue weighted by Crippen LogP contribution is -2.37. The molecule has 0 heterocycles. The average Bonchev–Trinajstić information content (AvgIpc) is 3.08. The molecule has 1 aromatic carbocycles. The van der Waals surface area contributed by atoms with Gasteiger partial charge in [0.1, 0.15) is 0 Å². The third kappa shape index (κ3) is 2.06. The minimum absolute atomic E-state index is 0.240. The number of halogens is 3. The van der Waals surface area contributed by atoms with Crippen LogP contribution in [0.3, 0.4) is 0 Å². The molecule has 2 aliphatic rings. The largest absolute Gasteiger partial charge is 0.398 e. The number of nitrogens with one attached hydrogen (secondary N) is 1. The molecule has 3 rings (SSSR count). The van der Waals surface area contributed by atoms with E-state index in [-0.39, 0.29) is 12.8 Å². The molecule has 0 atom stereocenters. The summed E-state index contributed by atoms with van der Waals surface area (Å²) in [6, 6.07) is 7.69. The highest BCUT2D eigenvalue weighted by Crippen LogP contribution is 2.59. The lowest BCUT2D eigenvalue weighted by Gasteiger charge is -2.36. The fourth-order valence-electron chi connectivity index (χ4n) is 3.08. The highest BCUT2D eigenvalue weighted by Gasteiger charge is 2.64. The normalized spacial score (nSPS) is 28.8. The molecule has 0 bridgehead atoms. The van der Waals surface area contributed by atoms with E-state index in [1.54, 1.807) is 18.2 Å². The van der Waals surface area contributed by atoms with Crippen LogP contribution in [0.15, 0.2) is 24.3 Å². The molecule has 0 saturated heterocycles. The molecule has 4 heteroatoms. The van der Waals surface area contributed by atoms with Gasteiger partial charge in [-0.25, -0.2) is 0 Å². The minimum Gasteiger partial charge on any atom is -0.317 e. The van der Waals surface area contributed by atoms with Gasteiger partial charge in [-0.3, -0.25) is 0 Å². The summed E-state index contributed by atoms with van der Waals surface area (Å²) in [4.78, 5) is 0. The van der Waals surface area contributed by atoms with Crippen molar-refractivity contribution in [3.63, 3.8) is 0 Å². The Balaban J connectivity index is 1.82. The molecule has 0 radical (unpaired) electrons. The summed E-state index contributed by atoms with van der Waals surface area (Å²) in [5, 5.41) is 3.20. The Kier molecular flexibility index (Phi) is 2.89. The van der Waals surface area contributed by atoms with E-state index in [1.807, 2.05) is 13.1 Å². The van der Waals surface area contributed by atoms with E-state index in [4.69, 9.17) is 0 Å². The molecule has 0 unspecified atom stereocenters. The topological polar surface area (TPSA) is 12.0 Å². The molecule has 2 saturated carbocycles. The number of hydrogen-bond donors (Lipinski definition) is 1. The molecular formula is C15H18F3N. The minimum atomic E-state index is -4.11. The van der Waals surface area contributed by atoms with Crippen molar-refractivity contribution in [3.8, 4) is 0 Å². The maximum Gasteiger partial charge on any atom is 0.398 e. The number of alkyl halides is 3. The van der Waals surface area contributed by atoms with Gasteiger partial charge in [0.05, 0.1) is 5.41 Å². The van der Waals surface area contributed by atoms with Crippen LogP contribution >= 0.6 is 0 Å². The molecule has 2 aliphatic carbocycles. The molecular weight excluding hydrogens is 251 g/mol. The van der Waals surface area contributed by atoms with Crippen LogP contribution in [0.5, 0.6) is 0 Å². The predicted octanol–water partition coefficient (Wildman–Crippen LogP) is 3.75. The summed E-state index contributed by atoms with van der Waals surface area (Å²) in [6.45, 7) is 0. The van der Waals surface area contributed by atoms with Gasteiger partial charge in [-0.2, -0.15) is 13.2 Å². The lowest BCUT2D eigenvalue weighted by molar-refractivity contribution is -0.160. The van der Waals surface area contributed by atoms with Crippen LogP contribution in [0.25, 0.3) is 0 Å². The summed E-state index contributed by atoms with van der Waals surface area (Å²) in [6.07, 6.45) is -1.58. The van der Waals surface area contributed by atoms with E-state index >= 15 is 0 Å². The van der Waals surface area contributed by atoms with Gasteiger partial charge in [-0.05, 0) is 49.8 Å². The molecule has 19 heavy (non-hydrogen) atoms. The summed E-state index contributed by atoms with van der Waals surface area (Å²) >= 11 is 0. The molecule has 104 valence electrons. The first-order chi connectivity index (χ1) is 8.96. The van der Waals surface area contributed by atoms with Crippen LogP contribution in [-0.2, 0) is 5.41 Å². The Labute approximate surface area is 111 Å². The number of rotatable bonds is 3. The second-order valence-corrected chi connectivity index (χ2v) is 5.86. The summed E-state index contributed by atoms with van der Waals surface area (Å²) < 4.78 is 39.4. The fourth-order valence-corrected chi connectivity index (χ4v) is 3.08. The Morgan fingerprint density at radius 2 is 1.89 bits per heavy atom.